The molecule has 1 aliphatic heterocycles. The molecule has 2 aromatic carbocycles. The molecule has 3 aromatic rings. The molecule has 0 unspecified atom stereocenters. The largest absolute Gasteiger partial charge is 0.402 e. The lowest BCUT2D eigenvalue weighted by Gasteiger charge is -2.03. The molecule has 2 heterocycles. The fourth-order valence-corrected chi connectivity index (χ4v) is 3.12. The third-order valence-corrected chi connectivity index (χ3v) is 4.35. The topological polar surface area (TPSA) is 69.4 Å². The SMILES string of the molecule is Cc1cc(C)cc(C2=N/C(=C/C=C\c3cn(Cc4ccccc4)nn3)C(=O)O2)c1. The lowest BCUT2D eigenvalue weighted by molar-refractivity contribution is -0.130. The van der Waals surface area contributed by atoms with Crippen LogP contribution in [-0.4, -0.2) is 26.9 Å². The van der Waals surface area contributed by atoms with Crippen molar-refractivity contribution in [2.45, 2.75) is 20.4 Å². The van der Waals surface area contributed by atoms with E-state index >= 15 is 0 Å². The predicted molar refractivity (Wildman–Crippen MR) is 111 cm³/mol. The Bertz CT molecular complexity index is 1120. The highest BCUT2D eigenvalue weighted by molar-refractivity contribution is 6.11. The summed E-state index contributed by atoms with van der Waals surface area (Å²) in [6.07, 6.45) is 6.97. The molecule has 29 heavy (non-hydrogen) atoms. The average Bonchev–Trinajstić information content (AvgIpc) is 3.29. The van der Waals surface area contributed by atoms with E-state index in [2.05, 4.69) is 21.4 Å². The standard InChI is InChI=1S/C23H20N4O2/c1-16-11-17(2)13-19(12-16)22-24-21(23(28)29-22)10-6-9-20-15-27(26-25-20)14-18-7-4-3-5-8-18/h3-13,15H,14H2,1-2H3/b9-6-,21-10+. The summed E-state index contributed by atoms with van der Waals surface area (Å²) >= 11 is 0. The van der Waals surface area contributed by atoms with E-state index in [1.807, 2.05) is 62.5 Å². The van der Waals surface area contributed by atoms with Crippen molar-refractivity contribution in [1.29, 1.82) is 0 Å². The van der Waals surface area contributed by atoms with E-state index in [0.29, 0.717) is 18.1 Å². The molecular formula is C23H20N4O2. The van der Waals surface area contributed by atoms with Crippen LogP contribution >= 0.6 is 0 Å². The lowest BCUT2D eigenvalue weighted by atomic mass is 10.1. The molecule has 144 valence electrons. The van der Waals surface area contributed by atoms with Gasteiger partial charge in [0.1, 0.15) is 5.69 Å². The van der Waals surface area contributed by atoms with E-state index in [1.54, 1.807) is 22.9 Å². The van der Waals surface area contributed by atoms with Gasteiger partial charge in [0.15, 0.2) is 5.70 Å². The molecule has 0 spiro atoms. The van der Waals surface area contributed by atoms with Crippen LogP contribution < -0.4 is 0 Å². The van der Waals surface area contributed by atoms with Crippen LogP contribution in [0.5, 0.6) is 0 Å². The molecule has 0 saturated carbocycles. The van der Waals surface area contributed by atoms with Gasteiger partial charge in [0.2, 0.25) is 5.90 Å². The second-order valence-electron chi connectivity index (χ2n) is 6.92. The third-order valence-electron chi connectivity index (χ3n) is 4.35. The van der Waals surface area contributed by atoms with Gasteiger partial charge in [-0.2, -0.15) is 0 Å². The van der Waals surface area contributed by atoms with E-state index in [9.17, 15) is 4.79 Å². The maximum absolute atomic E-state index is 12.1. The smallest absolute Gasteiger partial charge is 0.363 e. The molecule has 0 fully saturated rings. The number of carbonyl (C=O) groups excluding carboxylic acids is 1. The first-order valence-corrected chi connectivity index (χ1v) is 9.29. The van der Waals surface area contributed by atoms with Gasteiger partial charge >= 0.3 is 5.97 Å². The van der Waals surface area contributed by atoms with E-state index in [1.165, 1.54) is 0 Å². The molecule has 1 aromatic heterocycles. The van der Waals surface area contributed by atoms with Gasteiger partial charge in [-0.15, -0.1) is 5.10 Å². The van der Waals surface area contributed by atoms with Crippen LogP contribution in [-0.2, 0) is 16.1 Å². The zero-order valence-electron chi connectivity index (χ0n) is 16.2. The number of nitrogens with zero attached hydrogens (tertiary/aromatic N) is 4. The van der Waals surface area contributed by atoms with E-state index in [4.69, 9.17) is 4.74 Å². The summed E-state index contributed by atoms with van der Waals surface area (Å²) < 4.78 is 7.09. The molecule has 6 nitrogen and oxygen atoms in total. The predicted octanol–water partition coefficient (Wildman–Crippen LogP) is 3.84. The maximum Gasteiger partial charge on any atom is 0.363 e. The minimum absolute atomic E-state index is 0.257. The van der Waals surface area contributed by atoms with Crippen LogP contribution in [0.3, 0.4) is 0 Å². The zero-order valence-corrected chi connectivity index (χ0v) is 16.2. The summed E-state index contributed by atoms with van der Waals surface area (Å²) in [4.78, 5) is 16.4. The van der Waals surface area contributed by atoms with E-state index < -0.39 is 5.97 Å². The Morgan fingerprint density at radius 1 is 1.07 bits per heavy atom. The Labute approximate surface area is 168 Å². The van der Waals surface area contributed by atoms with Gasteiger partial charge in [-0.25, -0.2) is 14.5 Å². The fourth-order valence-electron chi connectivity index (χ4n) is 3.12. The monoisotopic (exact) mass is 384 g/mol. The van der Waals surface area contributed by atoms with Crippen LogP contribution in [0.25, 0.3) is 6.08 Å². The Morgan fingerprint density at radius 2 is 1.83 bits per heavy atom. The van der Waals surface area contributed by atoms with Crippen LogP contribution in [0, 0.1) is 13.8 Å². The lowest BCUT2D eigenvalue weighted by Crippen LogP contribution is -2.05. The van der Waals surface area contributed by atoms with Gasteiger partial charge in [-0.05, 0) is 43.7 Å². The van der Waals surface area contributed by atoms with Crippen molar-refractivity contribution in [3.05, 3.63) is 101 Å². The first-order chi connectivity index (χ1) is 14.1. The first kappa shape index (κ1) is 18.6. The number of aryl methyl sites for hydroxylation is 2. The molecule has 0 radical (unpaired) electrons. The minimum atomic E-state index is -0.462. The highest BCUT2D eigenvalue weighted by Crippen LogP contribution is 2.18. The summed E-state index contributed by atoms with van der Waals surface area (Å²) in [5.41, 5.74) is 5.09. The van der Waals surface area contributed by atoms with Crippen molar-refractivity contribution in [2.24, 2.45) is 4.99 Å². The highest BCUT2D eigenvalue weighted by Gasteiger charge is 2.23. The molecular weight excluding hydrogens is 364 g/mol. The maximum atomic E-state index is 12.1. The van der Waals surface area contributed by atoms with Gasteiger partial charge in [0.05, 0.1) is 12.7 Å². The number of ether oxygens (including phenoxy) is 1. The molecule has 0 amide bonds. The summed E-state index contributed by atoms with van der Waals surface area (Å²) in [5.74, 6) is -0.133. The number of rotatable bonds is 5. The normalized spacial score (nSPS) is 15.2. The summed E-state index contributed by atoms with van der Waals surface area (Å²) in [6.45, 7) is 4.65. The third kappa shape index (κ3) is 4.55. The van der Waals surface area contributed by atoms with Gasteiger partial charge in [-0.1, -0.05) is 58.8 Å². The first-order valence-electron chi connectivity index (χ1n) is 9.29. The Hall–Kier alpha value is -3.80. The van der Waals surface area contributed by atoms with E-state index in [0.717, 1.165) is 22.3 Å². The Balaban J connectivity index is 1.46. The molecule has 0 saturated heterocycles. The number of carbonyl (C=O) groups is 1. The fraction of sp³-hybridized carbons (Fsp3) is 0.130. The van der Waals surface area contributed by atoms with Crippen LogP contribution in [0.4, 0.5) is 0 Å². The molecule has 0 atom stereocenters. The summed E-state index contributed by atoms with van der Waals surface area (Å²) in [7, 11) is 0. The molecule has 1 aliphatic rings. The molecule has 0 bridgehead atoms. The van der Waals surface area contributed by atoms with Gasteiger partial charge in [0, 0.05) is 5.56 Å². The number of esters is 1. The molecule has 0 aliphatic carbocycles. The minimum Gasteiger partial charge on any atom is -0.402 e. The van der Waals surface area contributed by atoms with Crippen molar-refractivity contribution in [1.82, 2.24) is 15.0 Å². The molecule has 4 rings (SSSR count). The van der Waals surface area contributed by atoms with Gasteiger partial charge in [-0.3, -0.25) is 0 Å². The van der Waals surface area contributed by atoms with Crippen LogP contribution in [0.2, 0.25) is 0 Å². The van der Waals surface area contributed by atoms with Gasteiger partial charge < -0.3 is 4.74 Å². The number of cyclic esters (lactones) is 1. The molecule has 0 N–H and O–H groups in total. The van der Waals surface area contributed by atoms with Crippen molar-refractivity contribution in [3.63, 3.8) is 0 Å². The zero-order chi connectivity index (χ0) is 20.2. The van der Waals surface area contributed by atoms with E-state index in [-0.39, 0.29) is 5.70 Å². The second-order valence-corrected chi connectivity index (χ2v) is 6.92. The van der Waals surface area contributed by atoms with Crippen LogP contribution in [0.1, 0.15) is 27.9 Å². The van der Waals surface area contributed by atoms with Crippen molar-refractivity contribution >= 4 is 17.9 Å². The van der Waals surface area contributed by atoms with Crippen LogP contribution in [0.15, 0.2) is 77.6 Å². The number of benzene rings is 2. The van der Waals surface area contributed by atoms with Gasteiger partial charge in [0.25, 0.3) is 0 Å². The quantitative estimate of drug-likeness (QED) is 0.495. The van der Waals surface area contributed by atoms with Crippen molar-refractivity contribution < 1.29 is 9.53 Å². The summed E-state index contributed by atoms with van der Waals surface area (Å²) in [6, 6.07) is 16.0. The Morgan fingerprint density at radius 3 is 2.59 bits per heavy atom. The number of hydrogen-bond donors (Lipinski definition) is 0. The number of hydrogen-bond acceptors (Lipinski definition) is 5. The Kier molecular flexibility index (Phi) is 5.16. The number of aliphatic imine (C=N–C) groups is 1. The molecule has 6 heteroatoms. The second kappa shape index (κ2) is 8.06. The number of aromatic nitrogens is 3. The van der Waals surface area contributed by atoms with Crippen molar-refractivity contribution in [2.75, 3.05) is 0 Å². The highest BCUT2D eigenvalue weighted by atomic mass is 16.6. The summed E-state index contributed by atoms with van der Waals surface area (Å²) in [5, 5.41) is 8.24. The number of allylic oxidation sites excluding steroid dienone is 2. The average molecular weight is 384 g/mol. The van der Waals surface area contributed by atoms with Crippen molar-refractivity contribution in [3.8, 4) is 0 Å².